The van der Waals surface area contributed by atoms with Gasteiger partial charge in [-0.2, -0.15) is 4.31 Å². The van der Waals surface area contributed by atoms with Gasteiger partial charge in [-0.25, -0.2) is 8.42 Å². The zero-order chi connectivity index (χ0) is 13.3. The summed E-state index contributed by atoms with van der Waals surface area (Å²) >= 11 is 0.897. The quantitative estimate of drug-likeness (QED) is 0.818. The molecule has 1 unspecified atom stereocenters. The van der Waals surface area contributed by atoms with Crippen LogP contribution < -0.4 is 5.73 Å². The van der Waals surface area contributed by atoms with Crippen molar-refractivity contribution in [1.82, 2.24) is 19.4 Å². The molecule has 1 atom stereocenters. The lowest BCUT2D eigenvalue weighted by atomic mass is 10.1. The molecule has 2 N–H and O–H groups in total. The van der Waals surface area contributed by atoms with Crippen LogP contribution in [0.5, 0.6) is 0 Å². The molecule has 0 bridgehead atoms. The Balaban J connectivity index is 2.06. The van der Waals surface area contributed by atoms with Crippen molar-refractivity contribution in [2.45, 2.75) is 10.8 Å². The van der Waals surface area contributed by atoms with E-state index >= 15 is 0 Å². The van der Waals surface area contributed by atoms with Crippen molar-refractivity contribution in [3.63, 3.8) is 0 Å². The van der Waals surface area contributed by atoms with E-state index in [9.17, 15) is 8.42 Å². The summed E-state index contributed by atoms with van der Waals surface area (Å²) in [6.45, 7) is 2.45. The van der Waals surface area contributed by atoms with Crippen LogP contribution in [0.3, 0.4) is 0 Å². The molecule has 2 heterocycles. The Morgan fingerprint density at radius 1 is 1.56 bits per heavy atom. The van der Waals surface area contributed by atoms with Crippen LogP contribution in [0, 0.1) is 5.92 Å². The van der Waals surface area contributed by atoms with E-state index in [1.807, 2.05) is 7.05 Å². The van der Waals surface area contributed by atoms with Crippen molar-refractivity contribution in [2.24, 2.45) is 5.92 Å². The van der Waals surface area contributed by atoms with Gasteiger partial charge in [-0.3, -0.25) is 0 Å². The summed E-state index contributed by atoms with van der Waals surface area (Å²) in [5.41, 5.74) is 5.41. The Kier molecular flexibility index (Phi) is 3.85. The molecule has 9 heteroatoms. The summed E-state index contributed by atoms with van der Waals surface area (Å²) < 4.78 is 25.7. The number of rotatable bonds is 4. The Hall–Kier alpha value is -0.770. The monoisotopic (exact) mass is 291 g/mol. The number of sulfonamides is 1. The van der Waals surface area contributed by atoms with Gasteiger partial charge in [-0.1, -0.05) is 11.3 Å². The van der Waals surface area contributed by atoms with Gasteiger partial charge in [0.2, 0.25) is 9.47 Å². The third-order valence-corrected chi connectivity index (χ3v) is 5.98. The third-order valence-electron chi connectivity index (χ3n) is 3.06. The standard InChI is InChI=1S/C9H17N5O2S2/c1-13-4-3-7(5-13)6-14(2)18(15,16)9-12-11-8(10)17-9/h7H,3-6H2,1-2H3,(H2,10,11). The van der Waals surface area contributed by atoms with E-state index < -0.39 is 10.0 Å². The molecule has 1 aromatic heterocycles. The number of likely N-dealkylation sites (tertiary alicyclic amines) is 1. The summed E-state index contributed by atoms with van der Waals surface area (Å²) in [7, 11) is 0.0729. The summed E-state index contributed by atoms with van der Waals surface area (Å²) in [4.78, 5) is 2.20. The number of aromatic nitrogens is 2. The molecule has 0 saturated carbocycles. The highest BCUT2D eigenvalue weighted by molar-refractivity contribution is 7.91. The Morgan fingerprint density at radius 3 is 2.78 bits per heavy atom. The van der Waals surface area contributed by atoms with Crippen molar-refractivity contribution in [3.05, 3.63) is 0 Å². The van der Waals surface area contributed by atoms with E-state index in [2.05, 4.69) is 15.1 Å². The molecule has 1 saturated heterocycles. The Bertz CT molecular complexity index is 515. The van der Waals surface area contributed by atoms with Gasteiger partial charge < -0.3 is 10.6 Å². The number of nitrogens with zero attached hydrogens (tertiary/aromatic N) is 4. The fourth-order valence-corrected chi connectivity index (χ4v) is 4.31. The molecule has 0 amide bonds. The van der Waals surface area contributed by atoms with Gasteiger partial charge in [-0.05, 0) is 25.9 Å². The SMILES string of the molecule is CN1CCC(CN(C)S(=O)(=O)c2nnc(N)s2)C1. The van der Waals surface area contributed by atoms with Crippen LogP contribution >= 0.6 is 11.3 Å². The van der Waals surface area contributed by atoms with E-state index in [0.717, 1.165) is 30.8 Å². The molecule has 2 rings (SSSR count). The maximum Gasteiger partial charge on any atom is 0.272 e. The smallest absolute Gasteiger partial charge is 0.272 e. The molecule has 18 heavy (non-hydrogen) atoms. The summed E-state index contributed by atoms with van der Waals surface area (Å²) in [6.07, 6.45) is 1.02. The molecule has 0 radical (unpaired) electrons. The molecule has 1 aliphatic heterocycles. The summed E-state index contributed by atoms with van der Waals surface area (Å²) in [5, 5.41) is 7.31. The lowest BCUT2D eigenvalue weighted by molar-refractivity contribution is 0.356. The van der Waals surface area contributed by atoms with Crippen LogP contribution in [0.15, 0.2) is 4.34 Å². The van der Waals surface area contributed by atoms with Crippen molar-refractivity contribution in [2.75, 3.05) is 39.5 Å². The highest BCUT2D eigenvalue weighted by atomic mass is 32.2. The van der Waals surface area contributed by atoms with Crippen molar-refractivity contribution < 1.29 is 8.42 Å². The van der Waals surface area contributed by atoms with Crippen molar-refractivity contribution >= 4 is 26.5 Å². The minimum absolute atomic E-state index is 0.0335. The second-order valence-electron chi connectivity index (χ2n) is 4.61. The molecule has 102 valence electrons. The second kappa shape index (κ2) is 5.08. The van der Waals surface area contributed by atoms with Gasteiger partial charge in [0.15, 0.2) is 0 Å². The molecule has 1 aliphatic rings. The predicted molar refractivity (Wildman–Crippen MR) is 69.7 cm³/mol. The van der Waals surface area contributed by atoms with Crippen LogP contribution in [-0.4, -0.2) is 61.5 Å². The number of nitrogens with two attached hydrogens (primary N) is 1. The van der Waals surface area contributed by atoms with Crippen molar-refractivity contribution in [1.29, 1.82) is 0 Å². The minimum Gasteiger partial charge on any atom is -0.374 e. The largest absolute Gasteiger partial charge is 0.374 e. The van der Waals surface area contributed by atoms with Crippen molar-refractivity contribution in [3.8, 4) is 0 Å². The zero-order valence-corrected chi connectivity index (χ0v) is 12.0. The Morgan fingerprint density at radius 2 is 2.28 bits per heavy atom. The van der Waals surface area contributed by atoms with Gasteiger partial charge in [0.1, 0.15) is 0 Å². The normalized spacial score (nSPS) is 21.8. The maximum atomic E-state index is 12.2. The predicted octanol–water partition coefficient (Wildman–Crippen LogP) is -0.307. The van der Waals surface area contributed by atoms with E-state index in [1.54, 1.807) is 7.05 Å². The molecule has 1 fully saturated rings. The molecular formula is C9H17N5O2S2. The van der Waals surface area contributed by atoms with Crippen LogP contribution in [0.1, 0.15) is 6.42 Å². The zero-order valence-electron chi connectivity index (χ0n) is 10.4. The number of hydrogen-bond acceptors (Lipinski definition) is 7. The van der Waals surface area contributed by atoms with Gasteiger partial charge in [0.05, 0.1) is 0 Å². The molecular weight excluding hydrogens is 274 g/mol. The van der Waals surface area contributed by atoms with Crippen LogP contribution in [-0.2, 0) is 10.0 Å². The molecule has 7 nitrogen and oxygen atoms in total. The summed E-state index contributed by atoms with van der Waals surface area (Å²) in [5.74, 6) is 0.375. The first kappa shape index (κ1) is 13.7. The van der Waals surface area contributed by atoms with Gasteiger partial charge in [0, 0.05) is 20.1 Å². The number of hydrogen-bond donors (Lipinski definition) is 1. The minimum atomic E-state index is -3.54. The average molecular weight is 291 g/mol. The molecule has 1 aromatic rings. The second-order valence-corrected chi connectivity index (χ2v) is 7.84. The number of nitrogen functional groups attached to an aromatic ring is 1. The van der Waals surface area contributed by atoms with Gasteiger partial charge in [-0.15, -0.1) is 10.2 Å². The highest BCUT2D eigenvalue weighted by Crippen LogP contribution is 2.23. The van der Waals surface area contributed by atoms with Crippen LogP contribution in [0.4, 0.5) is 5.13 Å². The van der Waals surface area contributed by atoms with E-state index in [4.69, 9.17) is 5.73 Å². The van der Waals surface area contributed by atoms with E-state index in [-0.39, 0.29) is 9.47 Å². The first-order chi connectivity index (χ1) is 8.39. The van der Waals surface area contributed by atoms with Gasteiger partial charge in [0.25, 0.3) is 10.0 Å². The maximum absolute atomic E-state index is 12.2. The lowest BCUT2D eigenvalue weighted by Gasteiger charge is -2.19. The first-order valence-corrected chi connectivity index (χ1v) is 7.89. The average Bonchev–Trinajstić information content (AvgIpc) is 2.88. The molecule has 0 aliphatic carbocycles. The number of anilines is 1. The third kappa shape index (κ3) is 2.79. The lowest BCUT2D eigenvalue weighted by Crippen LogP contribution is -2.32. The Labute approximate surface area is 111 Å². The highest BCUT2D eigenvalue weighted by Gasteiger charge is 2.29. The van der Waals surface area contributed by atoms with E-state index in [1.165, 1.54) is 4.31 Å². The summed E-state index contributed by atoms with van der Waals surface area (Å²) in [6, 6.07) is 0. The van der Waals surface area contributed by atoms with Gasteiger partial charge >= 0.3 is 0 Å². The molecule has 0 spiro atoms. The fraction of sp³-hybridized carbons (Fsp3) is 0.778. The van der Waals surface area contributed by atoms with Crippen LogP contribution in [0.2, 0.25) is 0 Å². The topological polar surface area (TPSA) is 92.4 Å². The molecule has 0 aromatic carbocycles. The first-order valence-electron chi connectivity index (χ1n) is 5.63. The van der Waals surface area contributed by atoms with Crippen LogP contribution in [0.25, 0.3) is 0 Å². The van der Waals surface area contributed by atoms with E-state index in [0.29, 0.717) is 12.5 Å². The fourth-order valence-electron chi connectivity index (χ4n) is 2.10.